The first-order valence-corrected chi connectivity index (χ1v) is 2.86. The van der Waals surface area contributed by atoms with Gasteiger partial charge in [0.1, 0.15) is 0 Å². The molecule has 1 aliphatic heterocycles. The van der Waals surface area contributed by atoms with Crippen LogP contribution in [0.25, 0.3) is 0 Å². The van der Waals surface area contributed by atoms with Crippen molar-refractivity contribution in [2.45, 2.75) is 0 Å². The van der Waals surface area contributed by atoms with E-state index in [0.29, 0.717) is 0 Å². The molecule has 0 aromatic rings. The average molecular weight is 101 g/mol. The van der Waals surface area contributed by atoms with E-state index in [2.05, 4.69) is 16.6 Å². The van der Waals surface area contributed by atoms with E-state index in [4.69, 9.17) is 0 Å². The van der Waals surface area contributed by atoms with Gasteiger partial charge in [0.2, 0.25) is 0 Å². The van der Waals surface area contributed by atoms with E-state index in [9.17, 15) is 0 Å². The summed E-state index contributed by atoms with van der Waals surface area (Å²) < 4.78 is 2.10. The zero-order valence-corrected chi connectivity index (χ0v) is 4.53. The van der Waals surface area contributed by atoms with Crippen LogP contribution in [0.3, 0.4) is 0 Å². The van der Waals surface area contributed by atoms with Gasteiger partial charge in [0.05, 0.1) is 0 Å². The first-order valence-electron chi connectivity index (χ1n) is 1.92. The Hall–Kier alpha value is -0.110. The second kappa shape index (κ2) is 1.56. The summed E-state index contributed by atoms with van der Waals surface area (Å²) in [5.74, 6) is 1.15. The SMILES string of the molecule is CN1C=CCS1. The predicted octanol–water partition coefficient (Wildman–Crippen LogP) is 1.09. The number of rotatable bonds is 0. The molecular formula is C4H7NS. The molecule has 0 aliphatic carbocycles. The van der Waals surface area contributed by atoms with Gasteiger partial charge in [-0.3, -0.25) is 0 Å². The normalized spacial score (nSPS) is 19.8. The summed E-state index contributed by atoms with van der Waals surface area (Å²) in [5, 5.41) is 0. The van der Waals surface area contributed by atoms with Crippen molar-refractivity contribution in [1.82, 2.24) is 4.31 Å². The third kappa shape index (κ3) is 0.684. The van der Waals surface area contributed by atoms with Gasteiger partial charge in [0, 0.05) is 19.0 Å². The number of nitrogens with zero attached hydrogens (tertiary/aromatic N) is 1. The maximum atomic E-state index is 2.14. The molecule has 1 rings (SSSR count). The van der Waals surface area contributed by atoms with Crippen molar-refractivity contribution in [2.75, 3.05) is 12.8 Å². The highest BCUT2D eigenvalue weighted by Crippen LogP contribution is 2.12. The molecule has 0 unspecified atom stereocenters. The first kappa shape index (κ1) is 4.06. The van der Waals surface area contributed by atoms with Gasteiger partial charge in [-0.15, -0.1) is 0 Å². The number of hydrogen-bond donors (Lipinski definition) is 0. The van der Waals surface area contributed by atoms with Crippen molar-refractivity contribution in [1.29, 1.82) is 0 Å². The lowest BCUT2D eigenvalue weighted by Crippen LogP contribution is -1.90. The molecule has 0 N–H and O–H groups in total. The third-order valence-corrected chi connectivity index (χ3v) is 1.56. The van der Waals surface area contributed by atoms with Gasteiger partial charge in [0.25, 0.3) is 0 Å². The lowest BCUT2D eigenvalue weighted by atomic mass is 10.7. The Balaban J connectivity index is 2.38. The molecule has 0 amide bonds. The molecule has 2 heteroatoms. The Kier molecular flexibility index (Phi) is 1.05. The van der Waals surface area contributed by atoms with Gasteiger partial charge in [-0.2, -0.15) is 0 Å². The third-order valence-electron chi connectivity index (χ3n) is 0.690. The van der Waals surface area contributed by atoms with Crippen LogP contribution in [0.2, 0.25) is 0 Å². The molecule has 1 heterocycles. The topological polar surface area (TPSA) is 3.24 Å². The molecular weight excluding hydrogens is 94.1 g/mol. The minimum atomic E-state index is 1.15. The van der Waals surface area contributed by atoms with E-state index in [1.54, 1.807) is 0 Å². The fourth-order valence-corrected chi connectivity index (χ4v) is 0.975. The van der Waals surface area contributed by atoms with Crippen LogP contribution in [0.4, 0.5) is 0 Å². The van der Waals surface area contributed by atoms with Gasteiger partial charge in [-0.1, -0.05) is 6.08 Å². The van der Waals surface area contributed by atoms with E-state index in [1.165, 1.54) is 0 Å². The summed E-state index contributed by atoms with van der Waals surface area (Å²) in [6.07, 6.45) is 4.22. The second-order valence-electron chi connectivity index (χ2n) is 1.23. The lowest BCUT2D eigenvalue weighted by molar-refractivity contribution is 0.789. The van der Waals surface area contributed by atoms with Crippen LogP contribution in [-0.4, -0.2) is 17.1 Å². The van der Waals surface area contributed by atoms with Crippen LogP contribution < -0.4 is 0 Å². The molecule has 0 aromatic heterocycles. The van der Waals surface area contributed by atoms with Crippen LogP contribution in [0.5, 0.6) is 0 Å². The van der Waals surface area contributed by atoms with E-state index < -0.39 is 0 Å². The number of hydrogen-bond acceptors (Lipinski definition) is 2. The Morgan fingerprint density at radius 3 is 2.83 bits per heavy atom. The smallest absolute Gasteiger partial charge is 0.0331 e. The van der Waals surface area contributed by atoms with Crippen molar-refractivity contribution < 1.29 is 0 Å². The summed E-state index contributed by atoms with van der Waals surface area (Å²) in [4.78, 5) is 0. The molecule has 1 aliphatic rings. The maximum absolute atomic E-state index is 2.14. The Labute approximate surface area is 42.2 Å². The van der Waals surface area contributed by atoms with Gasteiger partial charge < -0.3 is 4.31 Å². The predicted molar refractivity (Wildman–Crippen MR) is 29.4 cm³/mol. The van der Waals surface area contributed by atoms with E-state index >= 15 is 0 Å². The van der Waals surface area contributed by atoms with E-state index in [1.807, 2.05) is 19.0 Å². The zero-order valence-electron chi connectivity index (χ0n) is 3.72. The van der Waals surface area contributed by atoms with E-state index in [0.717, 1.165) is 5.75 Å². The Morgan fingerprint density at radius 2 is 2.67 bits per heavy atom. The molecule has 0 atom stereocenters. The molecule has 34 valence electrons. The summed E-state index contributed by atoms with van der Waals surface area (Å²) in [6.45, 7) is 0. The summed E-state index contributed by atoms with van der Waals surface area (Å²) in [5.41, 5.74) is 0. The standard InChI is InChI=1S/C4H7NS/c1-5-3-2-4-6-5/h2-3H,4H2,1H3. The highest BCUT2D eigenvalue weighted by Gasteiger charge is 1.93. The van der Waals surface area contributed by atoms with Crippen molar-refractivity contribution in [2.24, 2.45) is 0 Å². The van der Waals surface area contributed by atoms with Gasteiger partial charge in [-0.05, 0) is 11.9 Å². The second-order valence-corrected chi connectivity index (χ2v) is 2.39. The fraction of sp³-hybridized carbons (Fsp3) is 0.500. The van der Waals surface area contributed by atoms with Crippen molar-refractivity contribution in [3.63, 3.8) is 0 Å². The summed E-state index contributed by atoms with van der Waals surface area (Å²) >= 11 is 1.82. The first-order chi connectivity index (χ1) is 2.89. The van der Waals surface area contributed by atoms with Crippen LogP contribution in [0.1, 0.15) is 0 Å². The average Bonchev–Trinajstić information content (AvgIpc) is 1.86. The maximum Gasteiger partial charge on any atom is 0.0331 e. The van der Waals surface area contributed by atoms with Crippen molar-refractivity contribution in [3.8, 4) is 0 Å². The van der Waals surface area contributed by atoms with Gasteiger partial charge in [0.15, 0.2) is 0 Å². The molecule has 0 radical (unpaired) electrons. The van der Waals surface area contributed by atoms with Gasteiger partial charge in [-0.25, -0.2) is 0 Å². The lowest BCUT2D eigenvalue weighted by Gasteiger charge is -2.00. The molecule has 0 aromatic carbocycles. The van der Waals surface area contributed by atoms with Crippen LogP contribution in [0.15, 0.2) is 12.3 Å². The van der Waals surface area contributed by atoms with E-state index in [-0.39, 0.29) is 0 Å². The molecule has 0 bridgehead atoms. The molecule has 0 saturated heterocycles. The molecule has 0 spiro atoms. The molecule has 1 nitrogen and oxygen atoms in total. The quantitative estimate of drug-likeness (QED) is 0.420. The zero-order chi connectivity index (χ0) is 4.41. The molecule has 0 saturated carbocycles. The van der Waals surface area contributed by atoms with Crippen LogP contribution in [-0.2, 0) is 0 Å². The highest BCUT2D eigenvalue weighted by atomic mass is 32.2. The van der Waals surface area contributed by atoms with Crippen LogP contribution in [0, 0.1) is 0 Å². The largest absolute Gasteiger partial charge is 0.326 e. The van der Waals surface area contributed by atoms with Crippen molar-refractivity contribution in [3.05, 3.63) is 12.3 Å². The highest BCUT2D eigenvalue weighted by molar-refractivity contribution is 7.97. The minimum Gasteiger partial charge on any atom is -0.326 e. The summed E-state index contributed by atoms with van der Waals surface area (Å²) in [7, 11) is 2.05. The fourth-order valence-electron chi connectivity index (χ4n) is 0.395. The monoisotopic (exact) mass is 101 g/mol. The van der Waals surface area contributed by atoms with Crippen LogP contribution >= 0.6 is 11.9 Å². The summed E-state index contributed by atoms with van der Waals surface area (Å²) in [6, 6.07) is 0. The van der Waals surface area contributed by atoms with Gasteiger partial charge >= 0.3 is 0 Å². The van der Waals surface area contributed by atoms with Crippen molar-refractivity contribution >= 4 is 11.9 Å². The minimum absolute atomic E-state index is 1.15. The molecule has 0 fully saturated rings. The molecule has 6 heavy (non-hydrogen) atoms. The Morgan fingerprint density at radius 1 is 1.83 bits per heavy atom. The Bertz CT molecular complexity index is 69.9.